The van der Waals surface area contributed by atoms with Crippen molar-refractivity contribution in [1.29, 1.82) is 0 Å². The maximum absolute atomic E-state index is 12.6. The molecule has 0 bridgehead atoms. The summed E-state index contributed by atoms with van der Waals surface area (Å²) < 4.78 is 5.13. The molecule has 7 heteroatoms. The van der Waals surface area contributed by atoms with Crippen LogP contribution < -0.4 is 10.1 Å². The van der Waals surface area contributed by atoms with Crippen LogP contribution in [0.2, 0.25) is 0 Å². The number of nitrogens with one attached hydrogen (secondary N) is 1. The molecule has 0 saturated carbocycles. The maximum Gasteiger partial charge on any atom is 0.335 e. The van der Waals surface area contributed by atoms with Crippen LogP contribution in [0.4, 0.5) is 5.69 Å². The summed E-state index contributed by atoms with van der Waals surface area (Å²) in [7, 11) is 1.59. The van der Waals surface area contributed by atoms with Crippen molar-refractivity contribution >= 4 is 23.5 Å². The number of likely N-dealkylation sites (tertiary alicyclic amines) is 1. The number of carbonyl (C=O) groups excluding carboxylic acids is 2. The van der Waals surface area contributed by atoms with Crippen LogP contribution in [-0.2, 0) is 16.1 Å². The number of carbonyl (C=O) groups is 3. The van der Waals surface area contributed by atoms with Gasteiger partial charge in [0.2, 0.25) is 11.8 Å². The van der Waals surface area contributed by atoms with Gasteiger partial charge in [-0.05, 0) is 42.3 Å². The molecule has 1 fully saturated rings. The first-order valence-electron chi connectivity index (χ1n) is 8.93. The molecule has 0 aliphatic carbocycles. The molecular weight excluding hydrogens is 360 g/mol. The quantitative estimate of drug-likeness (QED) is 0.801. The van der Waals surface area contributed by atoms with Crippen LogP contribution in [0.25, 0.3) is 0 Å². The average Bonchev–Trinajstić information content (AvgIpc) is 3.04. The van der Waals surface area contributed by atoms with Gasteiger partial charge in [0.05, 0.1) is 18.6 Å². The summed E-state index contributed by atoms with van der Waals surface area (Å²) >= 11 is 0. The molecule has 2 aromatic rings. The van der Waals surface area contributed by atoms with Gasteiger partial charge in [-0.2, -0.15) is 0 Å². The Morgan fingerprint density at radius 2 is 1.93 bits per heavy atom. The number of aryl methyl sites for hydroxylation is 1. The molecule has 0 radical (unpaired) electrons. The smallest absolute Gasteiger partial charge is 0.335 e. The van der Waals surface area contributed by atoms with Crippen molar-refractivity contribution in [3.8, 4) is 5.75 Å². The van der Waals surface area contributed by atoms with Gasteiger partial charge >= 0.3 is 5.97 Å². The van der Waals surface area contributed by atoms with Gasteiger partial charge < -0.3 is 20.1 Å². The van der Waals surface area contributed by atoms with Gasteiger partial charge in [-0.3, -0.25) is 9.59 Å². The van der Waals surface area contributed by atoms with Crippen LogP contribution in [0.15, 0.2) is 42.5 Å². The molecule has 1 aliphatic rings. The zero-order chi connectivity index (χ0) is 20.3. The first-order chi connectivity index (χ1) is 13.4. The van der Waals surface area contributed by atoms with Crippen molar-refractivity contribution in [3.63, 3.8) is 0 Å². The predicted molar refractivity (Wildman–Crippen MR) is 103 cm³/mol. The molecule has 7 nitrogen and oxygen atoms in total. The third-order valence-corrected chi connectivity index (χ3v) is 4.86. The zero-order valence-electron chi connectivity index (χ0n) is 15.8. The third-order valence-electron chi connectivity index (χ3n) is 4.86. The molecule has 2 amide bonds. The largest absolute Gasteiger partial charge is 0.497 e. The van der Waals surface area contributed by atoms with Gasteiger partial charge in [-0.15, -0.1) is 0 Å². The lowest BCUT2D eigenvalue weighted by Gasteiger charge is -2.17. The highest BCUT2D eigenvalue weighted by Gasteiger charge is 2.34. The van der Waals surface area contributed by atoms with Crippen molar-refractivity contribution in [3.05, 3.63) is 59.2 Å². The number of aromatic carboxylic acids is 1. The summed E-state index contributed by atoms with van der Waals surface area (Å²) in [5.74, 6) is -1.15. The second kappa shape index (κ2) is 8.12. The van der Waals surface area contributed by atoms with Crippen molar-refractivity contribution in [2.45, 2.75) is 19.9 Å². The fraction of sp³-hybridized carbons (Fsp3) is 0.286. The van der Waals surface area contributed by atoms with Crippen LogP contribution in [-0.4, -0.2) is 41.4 Å². The minimum atomic E-state index is -1.06. The lowest BCUT2D eigenvalue weighted by molar-refractivity contribution is -0.128. The number of ether oxygens (including phenoxy) is 1. The van der Waals surface area contributed by atoms with Crippen molar-refractivity contribution in [2.75, 3.05) is 19.0 Å². The highest BCUT2D eigenvalue weighted by molar-refractivity contribution is 5.99. The van der Waals surface area contributed by atoms with E-state index in [4.69, 9.17) is 9.84 Å². The summed E-state index contributed by atoms with van der Waals surface area (Å²) in [6.45, 7) is 2.55. The fourth-order valence-corrected chi connectivity index (χ4v) is 3.18. The lowest BCUT2D eigenvalue weighted by Crippen LogP contribution is -2.28. The number of carboxylic acids is 1. The van der Waals surface area contributed by atoms with E-state index in [0.29, 0.717) is 18.8 Å². The van der Waals surface area contributed by atoms with E-state index < -0.39 is 11.9 Å². The molecule has 28 heavy (non-hydrogen) atoms. The summed E-state index contributed by atoms with van der Waals surface area (Å²) in [6.07, 6.45) is 0.139. The van der Waals surface area contributed by atoms with E-state index in [9.17, 15) is 14.4 Å². The molecule has 1 aliphatic heterocycles. The highest BCUT2D eigenvalue weighted by Crippen LogP contribution is 2.24. The van der Waals surface area contributed by atoms with Crippen molar-refractivity contribution in [1.82, 2.24) is 4.90 Å². The average molecular weight is 382 g/mol. The van der Waals surface area contributed by atoms with Gasteiger partial charge in [-0.25, -0.2) is 4.79 Å². The number of amides is 2. The highest BCUT2D eigenvalue weighted by atomic mass is 16.5. The number of carboxylic acid groups (broad SMARTS) is 1. The predicted octanol–water partition coefficient (Wildman–Crippen LogP) is 2.69. The Kier molecular flexibility index (Phi) is 5.63. The Labute approximate surface area is 162 Å². The molecule has 1 unspecified atom stereocenters. The minimum Gasteiger partial charge on any atom is -0.497 e. The Bertz CT molecular complexity index is 908. The number of rotatable bonds is 6. The fourth-order valence-electron chi connectivity index (χ4n) is 3.18. The molecule has 1 heterocycles. The summed E-state index contributed by atoms with van der Waals surface area (Å²) in [4.78, 5) is 37.7. The summed E-state index contributed by atoms with van der Waals surface area (Å²) in [5, 5.41) is 11.9. The first kappa shape index (κ1) is 19.4. The van der Waals surface area contributed by atoms with E-state index in [0.717, 1.165) is 16.9 Å². The van der Waals surface area contributed by atoms with Crippen LogP contribution in [0.3, 0.4) is 0 Å². The molecule has 0 aromatic heterocycles. The van der Waals surface area contributed by atoms with E-state index in [1.165, 1.54) is 12.1 Å². The molecular formula is C21H22N2O5. The zero-order valence-corrected chi connectivity index (χ0v) is 15.8. The topological polar surface area (TPSA) is 95.9 Å². The summed E-state index contributed by atoms with van der Waals surface area (Å²) in [5.41, 5.74) is 2.27. The van der Waals surface area contributed by atoms with Crippen LogP contribution in [0, 0.1) is 12.8 Å². The van der Waals surface area contributed by atoms with Crippen LogP contribution in [0.1, 0.15) is 27.9 Å². The van der Waals surface area contributed by atoms with Crippen molar-refractivity contribution < 1.29 is 24.2 Å². The number of methoxy groups -OCH3 is 1. The molecule has 1 saturated heterocycles. The molecule has 146 valence electrons. The summed E-state index contributed by atoms with van der Waals surface area (Å²) in [6, 6.07) is 12.0. The number of hydrogen-bond acceptors (Lipinski definition) is 4. The van der Waals surface area contributed by atoms with E-state index in [2.05, 4.69) is 5.32 Å². The third kappa shape index (κ3) is 4.31. The van der Waals surface area contributed by atoms with Gasteiger partial charge in [-0.1, -0.05) is 18.2 Å². The standard InChI is InChI=1S/C21H22N2O5/c1-13-3-6-15(21(26)27)9-18(13)22-20(25)16-10-19(24)23(12-16)11-14-4-7-17(28-2)8-5-14/h3-9,16H,10-12H2,1-2H3,(H,22,25)(H,26,27). The van der Waals surface area contributed by atoms with Gasteiger partial charge in [0.1, 0.15) is 5.75 Å². The van der Waals surface area contributed by atoms with Crippen LogP contribution >= 0.6 is 0 Å². The Balaban J connectivity index is 1.65. The monoisotopic (exact) mass is 382 g/mol. The van der Waals surface area contributed by atoms with E-state index in [1.807, 2.05) is 24.3 Å². The molecule has 0 spiro atoms. The minimum absolute atomic E-state index is 0.0769. The number of anilines is 1. The molecule has 1 atom stereocenters. The van der Waals surface area contributed by atoms with Gasteiger partial charge in [0.25, 0.3) is 0 Å². The van der Waals surface area contributed by atoms with E-state index in [-0.39, 0.29) is 23.8 Å². The lowest BCUT2D eigenvalue weighted by atomic mass is 10.1. The number of nitrogens with zero attached hydrogens (tertiary/aromatic N) is 1. The van der Waals surface area contributed by atoms with Gasteiger partial charge in [0, 0.05) is 25.2 Å². The van der Waals surface area contributed by atoms with Crippen LogP contribution in [0.5, 0.6) is 5.75 Å². The second-order valence-corrected chi connectivity index (χ2v) is 6.85. The maximum atomic E-state index is 12.6. The SMILES string of the molecule is COc1ccc(CN2CC(C(=O)Nc3cc(C(=O)O)ccc3C)CC2=O)cc1. The Hall–Kier alpha value is -3.35. The first-order valence-corrected chi connectivity index (χ1v) is 8.93. The normalized spacial score (nSPS) is 16.1. The van der Waals surface area contributed by atoms with E-state index >= 15 is 0 Å². The molecule has 3 rings (SSSR count). The number of hydrogen-bond donors (Lipinski definition) is 2. The number of benzene rings is 2. The molecule has 2 N–H and O–H groups in total. The molecule has 2 aromatic carbocycles. The Morgan fingerprint density at radius 1 is 1.21 bits per heavy atom. The van der Waals surface area contributed by atoms with Crippen molar-refractivity contribution in [2.24, 2.45) is 5.92 Å². The second-order valence-electron chi connectivity index (χ2n) is 6.85. The Morgan fingerprint density at radius 3 is 2.57 bits per heavy atom. The van der Waals surface area contributed by atoms with E-state index in [1.54, 1.807) is 25.0 Å². The van der Waals surface area contributed by atoms with Gasteiger partial charge in [0.15, 0.2) is 0 Å².